The summed E-state index contributed by atoms with van der Waals surface area (Å²) in [6.45, 7) is 2.15. The molecule has 88 valence electrons. The SMILES string of the molecule is CCc1nc(N)cc(NCC(=O)N(C)C)n1. The maximum atomic E-state index is 11.3. The van der Waals surface area contributed by atoms with E-state index in [-0.39, 0.29) is 12.5 Å². The second kappa shape index (κ2) is 5.29. The lowest BCUT2D eigenvalue weighted by Crippen LogP contribution is -2.28. The van der Waals surface area contributed by atoms with Crippen LogP contribution in [0.25, 0.3) is 0 Å². The number of rotatable bonds is 4. The minimum atomic E-state index is -0.0183. The summed E-state index contributed by atoms with van der Waals surface area (Å²) in [4.78, 5) is 21.1. The Morgan fingerprint density at radius 2 is 2.19 bits per heavy atom. The molecule has 6 heteroatoms. The van der Waals surface area contributed by atoms with E-state index in [1.807, 2.05) is 6.92 Å². The molecule has 1 heterocycles. The highest BCUT2D eigenvalue weighted by Gasteiger charge is 2.05. The van der Waals surface area contributed by atoms with Crippen molar-refractivity contribution in [3.8, 4) is 0 Å². The van der Waals surface area contributed by atoms with Gasteiger partial charge in [-0.05, 0) is 0 Å². The standard InChI is InChI=1S/C10H17N5O/c1-4-8-13-7(11)5-9(14-8)12-6-10(16)15(2)3/h5H,4,6H2,1-3H3,(H3,11,12,13,14). The number of carbonyl (C=O) groups excluding carboxylic acids is 1. The van der Waals surface area contributed by atoms with Crippen LogP contribution < -0.4 is 11.1 Å². The molecule has 0 spiro atoms. The Kier molecular flexibility index (Phi) is 4.04. The average molecular weight is 223 g/mol. The number of likely N-dealkylation sites (N-methyl/N-ethyl adjacent to an activating group) is 1. The van der Waals surface area contributed by atoms with Crippen LogP contribution in [0.15, 0.2) is 6.07 Å². The van der Waals surface area contributed by atoms with Crippen LogP contribution in [0.2, 0.25) is 0 Å². The lowest BCUT2D eigenvalue weighted by atomic mass is 10.4. The Bertz CT molecular complexity index is 377. The van der Waals surface area contributed by atoms with Crippen LogP contribution in [-0.4, -0.2) is 41.4 Å². The second-order valence-corrected chi connectivity index (χ2v) is 3.59. The molecule has 0 aliphatic rings. The quantitative estimate of drug-likeness (QED) is 0.757. The fraction of sp³-hybridized carbons (Fsp3) is 0.500. The van der Waals surface area contributed by atoms with Crippen LogP contribution in [0.1, 0.15) is 12.7 Å². The second-order valence-electron chi connectivity index (χ2n) is 3.59. The molecule has 0 aliphatic carbocycles. The predicted octanol–water partition coefficient (Wildman–Crippen LogP) is 0.121. The highest BCUT2D eigenvalue weighted by Crippen LogP contribution is 2.08. The van der Waals surface area contributed by atoms with Crippen LogP contribution >= 0.6 is 0 Å². The Morgan fingerprint density at radius 1 is 1.50 bits per heavy atom. The molecule has 1 aromatic rings. The number of nitrogens with two attached hydrogens (primary N) is 1. The van der Waals surface area contributed by atoms with E-state index >= 15 is 0 Å². The Morgan fingerprint density at radius 3 is 2.75 bits per heavy atom. The molecular weight excluding hydrogens is 206 g/mol. The number of hydrogen-bond acceptors (Lipinski definition) is 5. The summed E-state index contributed by atoms with van der Waals surface area (Å²) in [7, 11) is 3.41. The van der Waals surface area contributed by atoms with E-state index in [0.717, 1.165) is 0 Å². The van der Waals surface area contributed by atoms with Crippen molar-refractivity contribution >= 4 is 17.5 Å². The summed E-state index contributed by atoms with van der Waals surface area (Å²) < 4.78 is 0. The molecule has 0 radical (unpaired) electrons. The maximum absolute atomic E-state index is 11.3. The fourth-order valence-corrected chi connectivity index (χ4v) is 1.09. The van der Waals surface area contributed by atoms with Crippen molar-refractivity contribution in [1.82, 2.24) is 14.9 Å². The van der Waals surface area contributed by atoms with Gasteiger partial charge in [0.05, 0.1) is 6.54 Å². The van der Waals surface area contributed by atoms with Gasteiger partial charge in [0.1, 0.15) is 17.5 Å². The lowest BCUT2D eigenvalue weighted by Gasteiger charge is -2.11. The third-order valence-electron chi connectivity index (χ3n) is 2.03. The monoisotopic (exact) mass is 223 g/mol. The zero-order chi connectivity index (χ0) is 12.1. The third kappa shape index (κ3) is 3.38. The first-order valence-electron chi connectivity index (χ1n) is 5.10. The number of nitrogens with one attached hydrogen (secondary N) is 1. The number of aryl methyl sites for hydroxylation is 1. The Labute approximate surface area is 94.9 Å². The normalized spacial score (nSPS) is 9.94. The molecule has 0 atom stereocenters. The van der Waals surface area contributed by atoms with Gasteiger partial charge < -0.3 is 16.0 Å². The summed E-state index contributed by atoms with van der Waals surface area (Å²) in [5.41, 5.74) is 5.61. The first kappa shape index (κ1) is 12.2. The average Bonchev–Trinajstić information content (AvgIpc) is 2.24. The first-order chi connectivity index (χ1) is 7.52. The van der Waals surface area contributed by atoms with E-state index in [9.17, 15) is 4.79 Å². The third-order valence-corrected chi connectivity index (χ3v) is 2.03. The van der Waals surface area contributed by atoms with Crippen molar-refractivity contribution in [3.05, 3.63) is 11.9 Å². The van der Waals surface area contributed by atoms with Gasteiger partial charge in [-0.15, -0.1) is 0 Å². The summed E-state index contributed by atoms with van der Waals surface area (Å²) >= 11 is 0. The summed E-state index contributed by atoms with van der Waals surface area (Å²) in [5, 5.41) is 2.92. The van der Waals surface area contributed by atoms with E-state index in [2.05, 4.69) is 15.3 Å². The zero-order valence-electron chi connectivity index (χ0n) is 9.82. The summed E-state index contributed by atoms with van der Waals surface area (Å²) in [5.74, 6) is 1.64. The maximum Gasteiger partial charge on any atom is 0.241 e. The highest BCUT2D eigenvalue weighted by molar-refractivity contribution is 5.80. The van der Waals surface area contributed by atoms with E-state index in [1.165, 1.54) is 4.90 Å². The van der Waals surface area contributed by atoms with Crippen molar-refractivity contribution in [3.63, 3.8) is 0 Å². The smallest absolute Gasteiger partial charge is 0.241 e. The number of carbonyl (C=O) groups is 1. The van der Waals surface area contributed by atoms with Crippen molar-refractivity contribution in [1.29, 1.82) is 0 Å². The van der Waals surface area contributed by atoms with Crippen molar-refractivity contribution in [2.75, 3.05) is 31.7 Å². The fourth-order valence-electron chi connectivity index (χ4n) is 1.09. The summed E-state index contributed by atoms with van der Waals surface area (Å²) in [6, 6.07) is 1.61. The molecule has 0 aromatic carbocycles. The molecule has 1 aromatic heterocycles. The van der Waals surface area contributed by atoms with Gasteiger partial charge in [0.15, 0.2) is 0 Å². The van der Waals surface area contributed by atoms with Gasteiger partial charge in [0.25, 0.3) is 0 Å². The van der Waals surface area contributed by atoms with Crippen molar-refractivity contribution in [2.24, 2.45) is 0 Å². The van der Waals surface area contributed by atoms with Gasteiger partial charge >= 0.3 is 0 Å². The van der Waals surface area contributed by atoms with Gasteiger partial charge in [0.2, 0.25) is 5.91 Å². The molecule has 0 bridgehead atoms. The molecule has 0 saturated carbocycles. The van der Waals surface area contributed by atoms with Crippen molar-refractivity contribution in [2.45, 2.75) is 13.3 Å². The molecular formula is C10H17N5O. The molecule has 1 amide bonds. The molecule has 16 heavy (non-hydrogen) atoms. The van der Waals surface area contributed by atoms with E-state index in [1.54, 1.807) is 20.2 Å². The van der Waals surface area contributed by atoms with Gasteiger partial charge in [-0.1, -0.05) is 6.92 Å². The van der Waals surface area contributed by atoms with Gasteiger partial charge in [-0.25, -0.2) is 9.97 Å². The topological polar surface area (TPSA) is 84.1 Å². The molecule has 0 fully saturated rings. The molecule has 0 unspecified atom stereocenters. The van der Waals surface area contributed by atoms with E-state index < -0.39 is 0 Å². The van der Waals surface area contributed by atoms with Crippen LogP contribution in [0.4, 0.5) is 11.6 Å². The number of nitrogen functional groups attached to an aromatic ring is 1. The van der Waals surface area contributed by atoms with Gasteiger partial charge in [-0.2, -0.15) is 0 Å². The zero-order valence-corrected chi connectivity index (χ0v) is 9.82. The van der Waals surface area contributed by atoms with Crippen molar-refractivity contribution < 1.29 is 4.79 Å². The van der Waals surface area contributed by atoms with Crippen LogP contribution in [0.5, 0.6) is 0 Å². The molecule has 0 aliphatic heterocycles. The first-order valence-corrected chi connectivity index (χ1v) is 5.10. The molecule has 6 nitrogen and oxygen atoms in total. The molecule has 0 saturated heterocycles. The van der Waals surface area contributed by atoms with Crippen LogP contribution in [-0.2, 0) is 11.2 Å². The highest BCUT2D eigenvalue weighted by atomic mass is 16.2. The number of nitrogens with zero attached hydrogens (tertiary/aromatic N) is 3. The molecule has 3 N–H and O–H groups in total. The van der Waals surface area contributed by atoms with Crippen LogP contribution in [0.3, 0.4) is 0 Å². The number of aromatic nitrogens is 2. The minimum Gasteiger partial charge on any atom is -0.384 e. The van der Waals surface area contributed by atoms with Gasteiger partial charge in [0, 0.05) is 26.6 Å². The Balaban J connectivity index is 2.67. The van der Waals surface area contributed by atoms with Crippen LogP contribution in [0, 0.1) is 0 Å². The number of amides is 1. The lowest BCUT2D eigenvalue weighted by molar-refractivity contribution is -0.126. The van der Waals surface area contributed by atoms with E-state index in [0.29, 0.717) is 23.9 Å². The van der Waals surface area contributed by atoms with Gasteiger partial charge in [-0.3, -0.25) is 4.79 Å². The number of anilines is 2. The summed E-state index contributed by atoms with van der Waals surface area (Å²) in [6.07, 6.45) is 0.710. The predicted molar refractivity (Wildman–Crippen MR) is 63.0 cm³/mol. The molecule has 1 rings (SSSR count). The van der Waals surface area contributed by atoms with E-state index in [4.69, 9.17) is 5.73 Å². The number of hydrogen-bond donors (Lipinski definition) is 2. The largest absolute Gasteiger partial charge is 0.384 e. The minimum absolute atomic E-state index is 0.0183. The Hall–Kier alpha value is -1.85.